The summed E-state index contributed by atoms with van der Waals surface area (Å²) in [5, 5.41) is 0. The number of aromatic nitrogens is 1. The van der Waals surface area contributed by atoms with Crippen molar-refractivity contribution < 1.29 is 23.2 Å². The first kappa shape index (κ1) is 15.8. The van der Waals surface area contributed by atoms with Gasteiger partial charge in [-0.1, -0.05) is 0 Å². The maximum Gasteiger partial charge on any atom is 0.328 e. The van der Waals surface area contributed by atoms with Gasteiger partial charge in [0.2, 0.25) is 5.91 Å². The van der Waals surface area contributed by atoms with Gasteiger partial charge in [-0.25, -0.2) is 9.78 Å². The maximum atomic E-state index is 12.2. The fourth-order valence-electron chi connectivity index (χ4n) is 1.91. The molecule has 22 heavy (non-hydrogen) atoms. The van der Waals surface area contributed by atoms with Crippen molar-refractivity contribution in [1.82, 2.24) is 9.88 Å². The highest BCUT2D eigenvalue weighted by Gasteiger charge is 2.25. The zero-order chi connectivity index (χ0) is 16.3. The molecule has 0 aliphatic heterocycles. The summed E-state index contributed by atoms with van der Waals surface area (Å²) in [6.45, 7) is 3.33. The van der Waals surface area contributed by atoms with Crippen molar-refractivity contribution in [3.8, 4) is 11.7 Å². The summed E-state index contributed by atoms with van der Waals surface area (Å²) in [6.07, 6.45) is 1.55. The van der Waals surface area contributed by atoms with E-state index in [0.717, 1.165) is 0 Å². The summed E-state index contributed by atoms with van der Waals surface area (Å²) in [4.78, 5) is 29.3. The quantitative estimate of drug-likeness (QED) is 0.783. The van der Waals surface area contributed by atoms with Crippen molar-refractivity contribution in [2.45, 2.75) is 26.3 Å². The topological polar surface area (TPSA) is 85.8 Å². The summed E-state index contributed by atoms with van der Waals surface area (Å²) < 4.78 is 15.3. The van der Waals surface area contributed by atoms with Crippen molar-refractivity contribution in [1.29, 1.82) is 0 Å². The van der Waals surface area contributed by atoms with Crippen LogP contribution in [0, 0.1) is 6.92 Å². The molecule has 118 valence electrons. The van der Waals surface area contributed by atoms with Crippen molar-refractivity contribution in [2.75, 3.05) is 14.2 Å². The Labute approximate surface area is 127 Å². The van der Waals surface area contributed by atoms with Crippen LogP contribution in [0.3, 0.4) is 0 Å². The van der Waals surface area contributed by atoms with E-state index in [-0.39, 0.29) is 12.3 Å². The molecule has 0 radical (unpaired) electrons. The third kappa shape index (κ3) is 3.19. The standard InChI is InChI=1S/C15H18N2O5/c1-9(15(19)20-4)17(3)13(18)8-11-10(2)22-14(16-11)12-6-5-7-21-12/h5-7,9H,8H2,1-4H3/t9-/m0/s1. The van der Waals surface area contributed by atoms with Crippen LogP contribution in [-0.4, -0.2) is 42.0 Å². The van der Waals surface area contributed by atoms with Gasteiger partial charge in [0.05, 0.1) is 25.5 Å². The minimum Gasteiger partial charge on any atom is -0.467 e. The van der Waals surface area contributed by atoms with Crippen LogP contribution in [0.1, 0.15) is 18.4 Å². The molecule has 0 fully saturated rings. The van der Waals surface area contributed by atoms with Crippen LogP contribution in [0.25, 0.3) is 11.7 Å². The summed E-state index contributed by atoms with van der Waals surface area (Å²) in [7, 11) is 2.83. The third-order valence-corrected chi connectivity index (χ3v) is 3.46. The second-order valence-electron chi connectivity index (χ2n) is 4.88. The Morgan fingerprint density at radius 2 is 2.18 bits per heavy atom. The largest absolute Gasteiger partial charge is 0.467 e. The number of hydrogen-bond donors (Lipinski definition) is 0. The number of furan rings is 1. The molecular weight excluding hydrogens is 288 g/mol. The molecule has 0 N–H and O–H groups in total. The highest BCUT2D eigenvalue weighted by molar-refractivity contribution is 5.85. The van der Waals surface area contributed by atoms with E-state index >= 15 is 0 Å². The van der Waals surface area contributed by atoms with Crippen LogP contribution in [0.5, 0.6) is 0 Å². The molecule has 0 saturated carbocycles. The summed E-state index contributed by atoms with van der Waals surface area (Å²) in [5.41, 5.74) is 0.514. The molecule has 0 aliphatic carbocycles. The molecule has 2 rings (SSSR count). The van der Waals surface area contributed by atoms with E-state index < -0.39 is 12.0 Å². The third-order valence-electron chi connectivity index (χ3n) is 3.46. The molecule has 2 heterocycles. The number of amides is 1. The second kappa shape index (κ2) is 6.46. The van der Waals surface area contributed by atoms with Crippen LogP contribution in [0.4, 0.5) is 0 Å². The number of methoxy groups -OCH3 is 1. The average molecular weight is 306 g/mol. The number of carbonyl (C=O) groups is 2. The second-order valence-corrected chi connectivity index (χ2v) is 4.88. The monoisotopic (exact) mass is 306 g/mol. The Hall–Kier alpha value is -2.57. The Morgan fingerprint density at radius 1 is 1.45 bits per heavy atom. The molecule has 1 atom stereocenters. The van der Waals surface area contributed by atoms with Gasteiger partial charge in [0, 0.05) is 7.05 Å². The number of ether oxygens (including phenoxy) is 1. The van der Waals surface area contributed by atoms with Gasteiger partial charge in [-0.15, -0.1) is 0 Å². The van der Waals surface area contributed by atoms with E-state index in [1.54, 1.807) is 33.0 Å². The number of carbonyl (C=O) groups excluding carboxylic acids is 2. The van der Waals surface area contributed by atoms with E-state index in [4.69, 9.17) is 8.83 Å². The van der Waals surface area contributed by atoms with E-state index in [1.165, 1.54) is 18.3 Å². The van der Waals surface area contributed by atoms with Gasteiger partial charge >= 0.3 is 5.97 Å². The lowest BCUT2D eigenvalue weighted by Crippen LogP contribution is -2.41. The molecule has 0 saturated heterocycles. The van der Waals surface area contributed by atoms with Crippen molar-refractivity contribution in [2.24, 2.45) is 0 Å². The number of aryl methyl sites for hydroxylation is 1. The molecule has 2 aromatic heterocycles. The van der Waals surface area contributed by atoms with Crippen molar-refractivity contribution in [3.63, 3.8) is 0 Å². The molecule has 0 spiro atoms. The number of rotatable bonds is 5. The van der Waals surface area contributed by atoms with Gasteiger partial charge in [0.1, 0.15) is 11.8 Å². The first-order chi connectivity index (χ1) is 10.4. The van der Waals surface area contributed by atoms with Crippen molar-refractivity contribution in [3.05, 3.63) is 29.9 Å². The van der Waals surface area contributed by atoms with Crippen LogP contribution in [-0.2, 0) is 20.7 Å². The van der Waals surface area contributed by atoms with Gasteiger partial charge in [-0.05, 0) is 26.0 Å². The number of esters is 1. The van der Waals surface area contributed by atoms with Gasteiger partial charge in [0.15, 0.2) is 5.76 Å². The van der Waals surface area contributed by atoms with E-state index in [0.29, 0.717) is 23.1 Å². The van der Waals surface area contributed by atoms with E-state index in [9.17, 15) is 9.59 Å². The van der Waals surface area contributed by atoms with E-state index in [2.05, 4.69) is 9.72 Å². The van der Waals surface area contributed by atoms with Crippen LogP contribution < -0.4 is 0 Å². The fraction of sp³-hybridized carbons (Fsp3) is 0.400. The molecule has 0 unspecified atom stereocenters. The zero-order valence-electron chi connectivity index (χ0n) is 13.0. The Kier molecular flexibility index (Phi) is 4.65. The van der Waals surface area contributed by atoms with Crippen LogP contribution in [0.15, 0.2) is 27.2 Å². The fourth-order valence-corrected chi connectivity index (χ4v) is 1.91. The number of hydrogen-bond acceptors (Lipinski definition) is 6. The Balaban J connectivity index is 2.10. The maximum absolute atomic E-state index is 12.2. The van der Waals surface area contributed by atoms with Crippen molar-refractivity contribution >= 4 is 11.9 Å². The normalized spacial score (nSPS) is 12.0. The highest BCUT2D eigenvalue weighted by Crippen LogP contribution is 2.22. The smallest absolute Gasteiger partial charge is 0.328 e. The van der Waals surface area contributed by atoms with Gasteiger partial charge in [0.25, 0.3) is 5.89 Å². The first-order valence-corrected chi connectivity index (χ1v) is 6.77. The first-order valence-electron chi connectivity index (χ1n) is 6.77. The van der Waals surface area contributed by atoms with Crippen LogP contribution >= 0.6 is 0 Å². The lowest BCUT2D eigenvalue weighted by Gasteiger charge is -2.22. The number of nitrogens with zero attached hydrogens (tertiary/aromatic N) is 2. The highest BCUT2D eigenvalue weighted by atomic mass is 16.5. The van der Waals surface area contributed by atoms with E-state index in [1.807, 2.05) is 0 Å². The summed E-state index contributed by atoms with van der Waals surface area (Å²) in [6, 6.07) is 2.79. The lowest BCUT2D eigenvalue weighted by atomic mass is 10.2. The molecule has 0 aromatic carbocycles. The minimum absolute atomic E-state index is 0.0356. The molecule has 7 heteroatoms. The molecule has 0 aliphatic rings. The average Bonchev–Trinajstić information content (AvgIpc) is 3.15. The molecule has 0 bridgehead atoms. The van der Waals surface area contributed by atoms with Gasteiger partial charge in [-0.2, -0.15) is 0 Å². The number of likely N-dealkylation sites (N-methyl/N-ethyl adjacent to an activating group) is 1. The predicted octanol–water partition coefficient (Wildman–Crippen LogP) is 1.81. The molecule has 1 amide bonds. The zero-order valence-corrected chi connectivity index (χ0v) is 13.0. The molecule has 7 nitrogen and oxygen atoms in total. The van der Waals surface area contributed by atoms with Gasteiger partial charge in [-0.3, -0.25) is 4.79 Å². The van der Waals surface area contributed by atoms with Gasteiger partial charge < -0.3 is 18.5 Å². The predicted molar refractivity (Wildman–Crippen MR) is 76.9 cm³/mol. The van der Waals surface area contributed by atoms with Crippen LogP contribution in [0.2, 0.25) is 0 Å². The summed E-state index contributed by atoms with van der Waals surface area (Å²) in [5.74, 6) is 0.648. The Morgan fingerprint density at radius 3 is 2.77 bits per heavy atom. The summed E-state index contributed by atoms with van der Waals surface area (Å²) >= 11 is 0. The number of oxazole rings is 1. The minimum atomic E-state index is -0.658. The SMILES string of the molecule is COC(=O)[C@H](C)N(C)C(=O)Cc1nc(-c2ccco2)oc1C. The lowest BCUT2D eigenvalue weighted by molar-refractivity contribution is -0.150. The molecular formula is C15H18N2O5. The molecule has 2 aromatic rings. The Bertz CT molecular complexity index is 660.